The smallest absolute Gasteiger partial charge is 0.261 e. The molecule has 0 bridgehead atoms. The van der Waals surface area contributed by atoms with Crippen molar-refractivity contribution in [3.05, 3.63) is 59.7 Å². The second-order valence-electron chi connectivity index (χ2n) is 6.08. The fourth-order valence-corrected chi connectivity index (χ4v) is 2.61. The van der Waals surface area contributed by atoms with Crippen molar-refractivity contribution >= 4 is 30.5 Å². The Hall–Kier alpha value is -1.83. The molecular formula is C19H19NOS2. The Kier molecular flexibility index (Phi) is 5.81. The zero-order valence-electron chi connectivity index (χ0n) is 13.4. The Morgan fingerprint density at radius 3 is 2.35 bits per heavy atom. The quantitative estimate of drug-likeness (QED) is 0.476. The van der Waals surface area contributed by atoms with Crippen molar-refractivity contribution in [2.45, 2.75) is 30.6 Å². The first-order chi connectivity index (χ1) is 10.8. The van der Waals surface area contributed by atoms with Crippen LogP contribution in [0.5, 0.6) is 0 Å². The molecule has 118 valence electrons. The van der Waals surface area contributed by atoms with Gasteiger partial charge in [-0.05, 0) is 69.1 Å². The molecule has 0 spiro atoms. The van der Waals surface area contributed by atoms with Gasteiger partial charge in [-0.3, -0.25) is 9.52 Å². The van der Waals surface area contributed by atoms with Crippen LogP contribution in [-0.4, -0.2) is 5.91 Å². The lowest BCUT2D eigenvalue weighted by Crippen LogP contribution is -2.15. The maximum absolute atomic E-state index is 12.2. The summed E-state index contributed by atoms with van der Waals surface area (Å²) in [6, 6.07) is 14.9. The summed E-state index contributed by atoms with van der Waals surface area (Å²) in [5, 5.41) is 0. The van der Waals surface area contributed by atoms with Crippen molar-refractivity contribution < 1.29 is 4.79 Å². The van der Waals surface area contributed by atoms with Crippen LogP contribution in [0.2, 0.25) is 0 Å². The minimum atomic E-state index is -0.137. The molecule has 2 nitrogen and oxygen atoms in total. The third-order valence-corrected chi connectivity index (χ3v) is 4.25. The number of carbonyl (C=O) groups is 1. The van der Waals surface area contributed by atoms with E-state index in [0.29, 0.717) is 5.56 Å². The lowest BCUT2D eigenvalue weighted by atomic mass is 9.97. The Morgan fingerprint density at radius 2 is 1.74 bits per heavy atom. The second kappa shape index (κ2) is 7.63. The van der Waals surface area contributed by atoms with Crippen LogP contribution >= 0.6 is 24.6 Å². The number of amides is 1. The van der Waals surface area contributed by atoms with Gasteiger partial charge in [-0.2, -0.15) is 0 Å². The van der Waals surface area contributed by atoms with E-state index in [1.807, 2.05) is 36.4 Å². The normalized spacial score (nSPS) is 10.6. The Bertz CT molecular complexity index is 749. The number of hydrogen-bond donors (Lipinski definition) is 2. The van der Waals surface area contributed by atoms with Gasteiger partial charge in [0.2, 0.25) is 0 Å². The first-order valence-corrected chi connectivity index (χ1v) is 8.50. The van der Waals surface area contributed by atoms with Crippen LogP contribution in [0.15, 0.2) is 58.3 Å². The van der Waals surface area contributed by atoms with Gasteiger partial charge in [-0.25, -0.2) is 0 Å². The number of thiol groups is 1. The van der Waals surface area contributed by atoms with Crippen molar-refractivity contribution in [1.82, 2.24) is 4.72 Å². The van der Waals surface area contributed by atoms with Crippen molar-refractivity contribution in [2.24, 2.45) is 5.41 Å². The molecule has 0 unspecified atom stereocenters. The van der Waals surface area contributed by atoms with Crippen molar-refractivity contribution in [3.8, 4) is 11.8 Å². The fraction of sp³-hybridized carbons (Fsp3) is 0.211. The Morgan fingerprint density at radius 1 is 1.09 bits per heavy atom. The monoisotopic (exact) mass is 341 g/mol. The molecule has 1 amide bonds. The number of hydrogen-bond acceptors (Lipinski definition) is 3. The van der Waals surface area contributed by atoms with Crippen LogP contribution in [0.25, 0.3) is 0 Å². The van der Waals surface area contributed by atoms with E-state index in [4.69, 9.17) is 0 Å². The van der Waals surface area contributed by atoms with Crippen molar-refractivity contribution in [1.29, 1.82) is 0 Å². The molecule has 1 N–H and O–H groups in total. The molecule has 0 atom stereocenters. The van der Waals surface area contributed by atoms with Gasteiger partial charge in [-0.1, -0.05) is 24.0 Å². The van der Waals surface area contributed by atoms with Crippen molar-refractivity contribution in [2.75, 3.05) is 0 Å². The number of carbonyl (C=O) groups excluding carboxylic acids is 1. The average molecular weight is 342 g/mol. The molecule has 0 saturated heterocycles. The largest absolute Gasteiger partial charge is 0.292 e. The highest BCUT2D eigenvalue weighted by atomic mass is 32.2. The van der Waals surface area contributed by atoms with Gasteiger partial charge in [-0.15, -0.1) is 12.6 Å². The van der Waals surface area contributed by atoms with Crippen LogP contribution < -0.4 is 4.72 Å². The maximum Gasteiger partial charge on any atom is 0.261 e. The average Bonchev–Trinajstić information content (AvgIpc) is 2.52. The minimum absolute atomic E-state index is 0.0348. The van der Waals surface area contributed by atoms with Crippen LogP contribution in [-0.2, 0) is 0 Å². The van der Waals surface area contributed by atoms with E-state index in [9.17, 15) is 4.79 Å². The molecule has 0 radical (unpaired) electrons. The first kappa shape index (κ1) is 17.5. The zero-order chi connectivity index (χ0) is 16.9. The highest BCUT2D eigenvalue weighted by Gasteiger charge is 2.07. The minimum Gasteiger partial charge on any atom is -0.292 e. The van der Waals surface area contributed by atoms with E-state index in [0.717, 1.165) is 15.4 Å². The Labute approximate surface area is 147 Å². The summed E-state index contributed by atoms with van der Waals surface area (Å²) in [6.07, 6.45) is 0. The molecular weight excluding hydrogens is 322 g/mol. The predicted molar refractivity (Wildman–Crippen MR) is 99.8 cm³/mol. The molecule has 0 heterocycles. The highest BCUT2D eigenvalue weighted by Crippen LogP contribution is 2.23. The summed E-state index contributed by atoms with van der Waals surface area (Å²) >= 11 is 5.62. The van der Waals surface area contributed by atoms with E-state index in [2.05, 4.69) is 50.0 Å². The predicted octanol–water partition coefficient (Wildman–Crippen LogP) is 4.81. The van der Waals surface area contributed by atoms with Crippen LogP contribution in [0.1, 0.15) is 36.7 Å². The third-order valence-electron chi connectivity index (χ3n) is 2.85. The van der Waals surface area contributed by atoms with Crippen LogP contribution in [0, 0.1) is 17.3 Å². The third kappa shape index (κ3) is 5.70. The lowest BCUT2D eigenvalue weighted by molar-refractivity contribution is 0.0984. The van der Waals surface area contributed by atoms with Gasteiger partial charge in [0.15, 0.2) is 0 Å². The van der Waals surface area contributed by atoms with Gasteiger partial charge in [0.25, 0.3) is 5.91 Å². The van der Waals surface area contributed by atoms with Gasteiger partial charge >= 0.3 is 0 Å². The molecule has 2 rings (SSSR count). The Balaban J connectivity index is 2.00. The SMILES string of the molecule is CC(C)(C)C#Cc1ccc(C(=O)NSc2ccccc2S)cc1. The molecule has 0 aliphatic carbocycles. The van der Waals surface area contributed by atoms with Gasteiger partial charge < -0.3 is 0 Å². The molecule has 2 aromatic rings. The standard InChI is InChI=1S/C19H19NOS2/c1-19(2,3)13-12-14-8-10-15(11-9-14)18(21)20-23-17-7-5-4-6-16(17)22/h4-11,22H,1-3H3,(H,20,21). The molecule has 4 heteroatoms. The summed E-state index contributed by atoms with van der Waals surface area (Å²) in [6.45, 7) is 6.20. The lowest BCUT2D eigenvalue weighted by Gasteiger charge is -2.07. The fourth-order valence-electron chi connectivity index (χ4n) is 1.67. The maximum atomic E-state index is 12.2. The number of nitrogens with one attached hydrogen (secondary N) is 1. The second-order valence-corrected chi connectivity index (χ2v) is 7.41. The highest BCUT2D eigenvalue weighted by molar-refractivity contribution is 7.98. The van der Waals surface area contributed by atoms with E-state index in [1.54, 1.807) is 12.1 Å². The summed E-state index contributed by atoms with van der Waals surface area (Å²) in [5.41, 5.74) is 1.48. The zero-order valence-corrected chi connectivity index (χ0v) is 15.1. The van der Waals surface area contributed by atoms with E-state index in [1.165, 1.54) is 11.9 Å². The van der Waals surface area contributed by atoms with Gasteiger partial charge in [0.1, 0.15) is 0 Å². The van der Waals surface area contributed by atoms with Gasteiger partial charge in [0, 0.05) is 26.3 Å². The van der Waals surface area contributed by atoms with Crippen LogP contribution in [0.4, 0.5) is 0 Å². The molecule has 0 aliphatic rings. The molecule has 0 aliphatic heterocycles. The molecule has 2 aromatic carbocycles. The number of benzene rings is 2. The van der Waals surface area contributed by atoms with Gasteiger partial charge in [0.05, 0.1) is 0 Å². The van der Waals surface area contributed by atoms with Crippen LogP contribution in [0.3, 0.4) is 0 Å². The van der Waals surface area contributed by atoms with Crippen molar-refractivity contribution in [3.63, 3.8) is 0 Å². The molecule has 0 aromatic heterocycles. The summed E-state index contributed by atoms with van der Waals surface area (Å²) < 4.78 is 2.82. The molecule has 23 heavy (non-hydrogen) atoms. The van der Waals surface area contributed by atoms with E-state index >= 15 is 0 Å². The van der Waals surface area contributed by atoms with E-state index in [-0.39, 0.29) is 11.3 Å². The summed E-state index contributed by atoms with van der Waals surface area (Å²) in [4.78, 5) is 13.9. The molecule has 0 fully saturated rings. The number of rotatable bonds is 3. The first-order valence-electron chi connectivity index (χ1n) is 7.23. The van der Waals surface area contributed by atoms with E-state index < -0.39 is 0 Å². The summed E-state index contributed by atoms with van der Waals surface area (Å²) in [7, 11) is 0. The molecule has 0 saturated carbocycles. The topological polar surface area (TPSA) is 29.1 Å². The summed E-state index contributed by atoms with van der Waals surface area (Å²) in [5.74, 6) is 6.16.